The van der Waals surface area contributed by atoms with Crippen LogP contribution in [-0.4, -0.2) is 0 Å². The van der Waals surface area contributed by atoms with Crippen molar-refractivity contribution in [2.75, 3.05) is 0 Å². The normalized spacial score (nSPS) is 32.9. The Bertz CT molecular complexity index is 701. The van der Waals surface area contributed by atoms with Crippen LogP contribution in [-0.2, 0) is 5.41 Å². The van der Waals surface area contributed by atoms with Gasteiger partial charge in [-0.1, -0.05) is 62.5 Å². The molecule has 4 unspecified atom stereocenters. The van der Waals surface area contributed by atoms with Crippen LogP contribution in [0.1, 0.15) is 43.2 Å². The van der Waals surface area contributed by atoms with Gasteiger partial charge in [0.15, 0.2) is 0 Å². The largest absolute Gasteiger partial charge is 0.0570 e. The van der Waals surface area contributed by atoms with E-state index >= 15 is 0 Å². The highest BCUT2D eigenvalue weighted by molar-refractivity contribution is 9.10. The standard InChI is InChI=1S/C22H22Br2/c23-17-8-4-15(5-9-17)22(16-6-10-18(24)11-7-16)13-14-12-21(22)20-3-1-2-19(14)20/h4-11,14,19-21H,1-3,12-13H2. The lowest BCUT2D eigenvalue weighted by atomic mass is 9.59. The monoisotopic (exact) mass is 444 g/mol. The topological polar surface area (TPSA) is 0 Å². The van der Waals surface area contributed by atoms with E-state index in [0.717, 1.165) is 23.7 Å². The Morgan fingerprint density at radius 2 is 1.29 bits per heavy atom. The number of halogens is 2. The average Bonchev–Trinajstić information content (AvgIpc) is 3.28. The van der Waals surface area contributed by atoms with Crippen molar-refractivity contribution in [3.05, 3.63) is 68.6 Å². The van der Waals surface area contributed by atoms with E-state index in [0.29, 0.717) is 0 Å². The minimum Gasteiger partial charge on any atom is -0.0570 e. The van der Waals surface area contributed by atoms with E-state index < -0.39 is 0 Å². The summed E-state index contributed by atoms with van der Waals surface area (Å²) in [5, 5.41) is 0. The Kier molecular flexibility index (Phi) is 3.72. The summed E-state index contributed by atoms with van der Waals surface area (Å²) in [6.07, 6.45) is 7.20. The molecule has 4 atom stereocenters. The van der Waals surface area contributed by atoms with E-state index in [2.05, 4.69) is 80.4 Å². The summed E-state index contributed by atoms with van der Waals surface area (Å²) in [6, 6.07) is 18.4. The molecule has 3 aliphatic carbocycles. The lowest BCUT2D eigenvalue weighted by Crippen LogP contribution is -2.40. The molecule has 0 N–H and O–H groups in total. The third-order valence-electron chi connectivity index (χ3n) is 7.24. The van der Waals surface area contributed by atoms with Crippen LogP contribution in [0.4, 0.5) is 0 Å². The second-order valence-corrected chi connectivity index (χ2v) is 9.88. The third-order valence-corrected chi connectivity index (χ3v) is 8.30. The molecule has 3 saturated carbocycles. The van der Waals surface area contributed by atoms with Crippen LogP contribution in [0.2, 0.25) is 0 Å². The molecule has 0 saturated heterocycles. The minimum absolute atomic E-state index is 0.234. The van der Waals surface area contributed by atoms with Crippen LogP contribution in [0.25, 0.3) is 0 Å². The highest BCUT2D eigenvalue weighted by Gasteiger charge is 2.61. The maximum absolute atomic E-state index is 3.62. The van der Waals surface area contributed by atoms with Gasteiger partial charge in [0.2, 0.25) is 0 Å². The second-order valence-electron chi connectivity index (χ2n) is 8.05. The van der Waals surface area contributed by atoms with Gasteiger partial charge >= 0.3 is 0 Å². The first-order valence-electron chi connectivity index (χ1n) is 9.20. The summed E-state index contributed by atoms with van der Waals surface area (Å²) in [4.78, 5) is 0. The average molecular weight is 446 g/mol. The zero-order chi connectivity index (χ0) is 16.3. The predicted octanol–water partition coefficient (Wildman–Crippen LogP) is 6.95. The maximum Gasteiger partial charge on any atom is 0.0236 e. The van der Waals surface area contributed by atoms with Gasteiger partial charge in [-0.3, -0.25) is 0 Å². The van der Waals surface area contributed by atoms with Gasteiger partial charge in [-0.05, 0) is 84.7 Å². The van der Waals surface area contributed by atoms with Crippen LogP contribution in [0, 0.1) is 23.7 Å². The zero-order valence-electron chi connectivity index (χ0n) is 13.7. The molecule has 124 valence electrons. The first-order valence-corrected chi connectivity index (χ1v) is 10.8. The van der Waals surface area contributed by atoms with Gasteiger partial charge in [0.05, 0.1) is 0 Å². The Morgan fingerprint density at radius 3 is 1.88 bits per heavy atom. The van der Waals surface area contributed by atoms with Crippen molar-refractivity contribution in [1.82, 2.24) is 0 Å². The van der Waals surface area contributed by atoms with Gasteiger partial charge in [0.25, 0.3) is 0 Å². The lowest BCUT2D eigenvalue weighted by Gasteiger charge is -2.44. The maximum atomic E-state index is 3.62. The molecule has 0 nitrogen and oxygen atoms in total. The molecule has 2 aromatic rings. The Balaban J connectivity index is 1.67. The van der Waals surface area contributed by atoms with Crippen LogP contribution in [0.5, 0.6) is 0 Å². The fourth-order valence-corrected chi connectivity index (χ4v) is 7.00. The summed E-state index contributed by atoms with van der Waals surface area (Å²) in [6.45, 7) is 0. The second kappa shape index (κ2) is 5.71. The summed E-state index contributed by atoms with van der Waals surface area (Å²) in [5.41, 5.74) is 3.30. The smallest absolute Gasteiger partial charge is 0.0236 e. The van der Waals surface area contributed by atoms with Crippen LogP contribution in [0.3, 0.4) is 0 Å². The molecular weight excluding hydrogens is 424 g/mol. The van der Waals surface area contributed by atoms with Crippen molar-refractivity contribution in [3.63, 3.8) is 0 Å². The van der Waals surface area contributed by atoms with Crippen molar-refractivity contribution >= 4 is 31.9 Å². The molecule has 3 fully saturated rings. The summed E-state index contributed by atoms with van der Waals surface area (Å²) in [5.74, 6) is 3.75. The Labute approximate surface area is 161 Å². The van der Waals surface area contributed by atoms with E-state index in [1.807, 2.05) is 0 Å². The molecule has 5 rings (SSSR count). The van der Waals surface area contributed by atoms with Gasteiger partial charge in [-0.2, -0.15) is 0 Å². The molecule has 0 aliphatic heterocycles. The van der Waals surface area contributed by atoms with Crippen LogP contribution < -0.4 is 0 Å². The number of hydrogen-bond donors (Lipinski definition) is 0. The van der Waals surface area contributed by atoms with E-state index in [9.17, 15) is 0 Å². The van der Waals surface area contributed by atoms with Gasteiger partial charge in [0.1, 0.15) is 0 Å². The van der Waals surface area contributed by atoms with Crippen molar-refractivity contribution in [2.45, 2.75) is 37.5 Å². The van der Waals surface area contributed by atoms with E-state index in [-0.39, 0.29) is 5.41 Å². The fourth-order valence-electron chi connectivity index (χ4n) is 6.47. The number of fused-ring (bicyclic) bond motifs is 5. The number of rotatable bonds is 2. The van der Waals surface area contributed by atoms with Crippen molar-refractivity contribution in [1.29, 1.82) is 0 Å². The number of benzene rings is 2. The number of hydrogen-bond acceptors (Lipinski definition) is 0. The van der Waals surface area contributed by atoms with Gasteiger partial charge in [-0.25, -0.2) is 0 Å². The van der Waals surface area contributed by atoms with Crippen molar-refractivity contribution in [3.8, 4) is 0 Å². The molecule has 0 radical (unpaired) electrons. The van der Waals surface area contributed by atoms with Gasteiger partial charge in [-0.15, -0.1) is 0 Å². The first kappa shape index (κ1) is 15.6. The van der Waals surface area contributed by atoms with E-state index in [1.165, 1.54) is 52.2 Å². The van der Waals surface area contributed by atoms with Crippen LogP contribution >= 0.6 is 31.9 Å². The predicted molar refractivity (Wildman–Crippen MR) is 106 cm³/mol. The molecule has 0 heterocycles. The van der Waals surface area contributed by atoms with Crippen molar-refractivity contribution < 1.29 is 0 Å². The molecule has 3 aliphatic rings. The summed E-state index contributed by atoms with van der Waals surface area (Å²) < 4.78 is 2.36. The van der Waals surface area contributed by atoms with Crippen LogP contribution in [0.15, 0.2) is 57.5 Å². The molecule has 2 bridgehead atoms. The minimum atomic E-state index is 0.234. The quantitative estimate of drug-likeness (QED) is 0.468. The molecule has 24 heavy (non-hydrogen) atoms. The zero-order valence-corrected chi connectivity index (χ0v) is 16.9. The first-order chi connectivity index (χ1) is 11.7. The lowest BCUT2D eigenvalue weighted by molar-refractivity contribution is 0.181. The van der Waals surface area contributed by atoms with Crippen molar-refractivity contribution in [2.24, 2.45) is 23.7 Å². The molecule has 0 aromatic heterocycles. The highest BCUT2D eigenvalue weighted by Crippen LogP contribution is 2.68. The third kappa shape index (κ3) is 2.15. The van der Waals surface area contributed by atoms with Gasteiger partial charge in [0, 0.05) is 14.4 Å². The SMILES string of the molecule is Brc1ccc(C2(c3ccc(Br)cc3)CC3CC2C2CCCC32)cc1. The Hall–Kier alpha value is -0.600. The molecule has 0 spiro atoms. The van der Waals surface area contributed by atoms with E-state index in [4.69, 9.17) is 0 Å². The molecular formula is C22H22Br2. The summed E-state index contributed by atoms with van der Waals surface area (Å²) in [7, 11) is 0. The molecule has 0 amide bonds. The highest BCUT2D eigenvalue weighted by atomic mass is 79.9. The van der Waals surface area contributed by atoms with Gasteiger partial charge < -0.3 is 0 Å². The summed E-state index contributed by atoms with van der Waals surface area (Å²) >= 11 is 7.23. The molecule has 2 heteroatoms. The molecule has 2 aromatic carbocycles. The Morgan fingerprint density at radius 1 is 0.750 bits per heavy atom. The van der Waals surface area contributed by atoms with E-state index in [1.54, 1.807) is 0 Å². The fraction of sp³-hybridized carbons (Fsp3) is 0.455.